The van der Waals surface area contributed by atoms with Crippen LogP contribution in [0.4, 0.5) is 5.69 Å². The van der Waals surface area contributed by atoms with Gasteiger partial charge in [0.2, 0.25) is 0 Å². The van der Waals surface area contributed by atoms with Crippen molar-refractivity contribution in [2.75, 3.05) is 25.1 Å². The first kappa shape index (κ1) is 14.9. The first-order chi connectivity index (χ1) is 11.7. The van der Waals surface area contributed by atoms with Gasteiger partial charge in [-0.1, -0.05) is 0 Å². The van der Waals surface area contributed by atoms with Crippen LogP contribution in [0.25, 0.3) is 10.9 Å². The van der Waals surface area contributed by atoms with Crippen LogP contribution in [0.3, 0.4) is 0 Å². The van der Waals surface area contributed by atoms with Crippen molar-refractivity contribution in [2.45, 2.75) is 19.8 Å². The average Bonchev–Trinajstić information content (AvgIpc) is 2.83. The van der Waals surface area contributed by atoms with Gasteiger partial charge in [-0.05, 0) is 37.1 Å². The third-order valence-electron chi connectivity index (χ3n) is 4.61. The lowest BCUT2D eigenvalue weighted by molar-refractivity contribution is 0.415. The standard InChI is InChI=1S/C19H20N4O/c1-13-9-19(16-4-3-15(24-2)10-18(16)22-13)23-7-5-14-11-20-12-21-17(14)6-8-23/h3-4,9-12H,5-8H2,1-2H3. The molecule has 4 rings (SSSR count). The Morgan fingerprint density at radius 1 is 1.12 bits per heavy atom. The van der Waals surface area contributed by atoms with Crippen molar-refractivity contribution in [1.29, 1.82) is 0 Å². The summed E-state index contributed by atoms with van der Waals surface area (Å²) in [7, 11) is 1.69. The number of fused-ring (bicyclic) bond motifs is 2. The summed E-state index contributed by atoms with van der Waals surface area (Å²) < 4.78 is 5.34. The second-order valence-electron chi connectivity index (χ2n) is 6.15. The monoisotopic (exact) mass is 320 g/mol. The lowest BCUT2D eigenvalue weighted by Gasteiger charge is -2.24. The molecule has 0 saturated heterocycles. The van der Waals surface area contributed by atoms with E-state index >= 15 is 0 Å². The molecular formula is C19H20N4O. The number of aryl methyl sites for hydroxylation is 1. The van der Waals surface area contributed by atoms with E-state index in [4.69, 9.17) is 4.74 Å². The van der Waals surface area contributed by atoms with Crippen LogP contribution < -0.4 is 9.64 Å². The predicted octanol–water partition coefficient (Wildman–Crippen LogP) is 2.95. The van der Waals surface area contributed by atoms with E-state index in [0.717, 1.165) is 42.9 Å². The predicted molar refractivity (Wildman–Crippen MR) is 94.7 cm³/mol. The first-order valence-electron chi connectivity index (χ1n) is 8.23. The van der Waals surface area contributed by atoms with Crippen molar-refractivity contribution in [3.8, 4) is 5.75 Å². The van der Waals surface area contributed by atoms with Gasteiger partial charge < -0.3 is 9.64 Å². The molecule has 3 aromatic rings. The second kappa shape index (κ2) is 6.07. The fourth-order valence-corrected chi connectivity index (χ4v) is 3.37. The van der Waals surface area contributed by atoms with Crippen LogP contribution in [-0.4, -0.2) is 35.2 Å². The molecule has 2 aromatic heterocycles. The van der Waals surface area contributed by atoms with E-state index in [0.29, 0.717) is 0 Å². The fraction of sp³-hybridized carbons (Fsp3) is 0.316. The van der Waals surface area contributed by atoms with Crippen LogP contribution >= 0.6 is 0 Å². The maximum Gasteiger partial charge on any atom is 0.121 e. The Labute approximate surface area is 141 Å². The maximum absolute atomic E-state index is 5.34. The largest absolute Gasteiger partial charge is 0.497 e. The highest BCUT2D eigenvalue weighted by atomic mass is 16.5. The molecule has 0 aliphatic carbocycles. The molecule has 24 heavy (non-hydrogen) atoms. The van der Waals surface area contributed by atoms with Gasteiger partial charge in [-0.15, -0.1) is 0 Å². The van der Waals surface area contributed by atoms with E-state index in [9.17, 15) is 0 Å². The Bertz CT molecular complexity index is 867. The molecule has 0 radical (unpaired) electrons. The van der Waals surface area contributed by atoms with Crippen molar-refractivity contribution in [1.82, 2.24) is 15.0 Å². The summed E-state index contributed by atoms with van der Waals surface area (Å²) >= 11 is 0. The van der Waals surface area contributed by atoms with Crippen molar-refractivity contribution in [2.24, 2.45) is 0 Å². The van der Waals surface area contributed by atoms with Gasteiger partial charge in [0.05, 0.1) is 12.6 Å². The Hall–Kier alpha value is -2.69. The van der Waals surface area contributed by atoms with E-state index in [1.54, 1.807) is 13.4 Å². The molecule has 0 N–H and O–H groups in total. The SMILES string of the molecule is COc1ccc2c(N3CCc4cncnc4CC3)cc(C)nc2c1. The number of benzene rings is 1. The van der Waals surface area contributed by atoms with Crippen LogP contribution in [0.15, 0.2) is 36.8 Å². The van der Waals surface area contributed by atoms with Gasteiger partial charge in [-0.3, -0.25) is 4.98 Å². The minimum atomic E-state index is 0.838. The summed E-state index contributed by atoms with van der Waals surface area (Å²) in [6, 6.07) is 8.29. The summed E-state index contributed by atoms with van der Waals surface area (Å²) in [5.74, 6) is 0.838. The maximum atomic E-state index is 5.34. The number of ether oxygens (including phenoxy) is 1. The van der Waals surface area contributed by atoms with Crippen LogP contribution in [0.1, 0.15) is 17.0 Å². The number of hydrogen-bond acceptors (Lipinski definition) is 5. The van der Waals surface area contributed by atoms with E-state index in [-0.39, 0.29) is 0 Å². The molecule has 122 valence electrons. The van der Waals surface area contributed by atoms with Gasteiger partial charge >= 0.3 is 0 Å². The molecule has 0 spiro atoms. The summed E-state index contributed by atoms with van der Waals surface area (Å²) in [5, 5.41) is 1.17. The number of hydrogen-bond donors (Lipinski definition) is 0. The molecule has 1 aliphatic heterocycles. The number of methoxy groups -OCH3 is 1. The zero-order chi connectivity index (χ0) is 16.5. The van der Waals surface area contributed by atoms with Crippen LogP contribution in [0.5, 0.6) is 5.75 Å². The Kier molecular flexibility index (Phi) is 3.76. The Balaban J connectivity index is 1.74. The van der Waals surface area contributed by atoms with E-state index in [2.05, 4.69) is 32.0 Å². The lowest BCUT2D eigenvalue weighted by atomic mass is 10.1. The second-order valence-corrected chi connectivity index (χ2v) is 6.15. The highest BCUT2D eigenvalue weighted by Gasteiger charge is 2.18. The highest BCUT2D eigenvalue weighted by Crippen LogP contribution is 2.30. The first-order valence-corrected chi connectivity index (χ1v) is 8.23. The van der Waals surface area contributed by atoms with Gasteiger partial charge in [-0.25, -0.2) is 9.97 Å². The summed E-state index contributed by atoms with van der Waals surface area (Å²) in [6.07, 6.45) is 5.51. The molecule has 5 nitrogen and oxygen atoms in total. The quantitative estimate of drug-likeness (QED) is 0.726. The molecular weight excluding hydrogens is 300 g/mol. The van der Waals surface area contributed by atoms with Crippen LogP contribution in [0.2, 0.25) is 0 Å². The third kappa shape index (κ3) is 2.66. The van der Waals surface area contributed by atoms with E-state index in [1.165, 1.54) is 22.3 Å². The van der Waals surface area contributed by atoms with E-state index < -0.39 is 0 Å². The van der Waals surface area contributed by atoms with Gasteiger partial charge in [0, 0.05) is 54.2 Å². The Morgan fingerprint density at radius 2 is 2.00 bits per heavy atom. The summed E-state index contributed by atoms with van der Waals surface area (Å²) in [5.41, 5.74) is 5.67. The van der Waals surface area contributed by atoms with Crippen LogP contribution in [0, 0.1) is 6.92 Å². The highest BCUT2D eigenvalue weighted by molar-refractivity contribution is 5.92. The normalized spacial score (nSPS) is 14.3. The molecule has 3 heterocycles. The molecule has 0 unspecified atom stereocenters. The average molecular weight is 320 g/mol. The topological polar surface area (TPSA) is 51.1 Å². The fourth-order valence-electron chi connectivity index (χ4n) is 3.37. The molecule has 1 aromatic carbocycles. The van der Waals surface area contributed by atoms with Gasteiger partial charge in [0.15, 0.2) is 0 Å². The molecule has 5 heteroatoms. The molecule has 0 fully saturated rings. The number of aromatic nitrogens is 3. The zero-order valence-electron chi connectivity index (χ0n) is 14.0. The number of anilines is 1. The van der Waals surface area contributed by atoms with Gasteiger partial charge in [0.1, 0.15) is 12.1 Å². The van der Waals surface area contributed by atoms with Gasteiger partial charge in [0.25, 0.3) is 0 Å². The molecule has 0 saturated carbocycles. The van der Waals surface area contributed by atoms with Crippen molar-refractivity contribution >= 4 is 16.6 Å². The van der Waals surface area contributed by atoms with E-state index in [1.807, 2.05) is 25.3 Å². The lowest BCUT2D eigenvalue weighted by Crippen LogP contribution is -2.26. The summed E-state index contributed by atoms with van der Waals surface area (Å²) in [4.78, 5) is 15.7. The molecule has 1 aliphatic rings. The minimum absolute atomic E-state index is 0.838. The minimum Gasteiger partial charge on any atom is -0.497 e. The number of nitrogens with zero attached hydrogens (tertiary/aromatic N) is 4. The zero-order valence-corrected chi connectivity index (χ0v) is 14.0. The summed E-state index contributed by atoms with van der Waals surface area (Å²) in [6.45, 7) is 3.96. The molecule has 0 bridgehead atoms. The van der Waals surface area contributed by atoms with Gasteiger partial charge in [-0.2, -0.15) is 0 Å². The van der Waals surface area contributed by atoms with Crippen molar-refractivity contribution in [3.05, 3.63) is 53.7 Å². The van der Waals surface area contributed by atoms with Crippen molar-refractivity contribution in [3.63, 3.8) is 0 Å². The Morgan fingerprint density at radius 3 is 2.88 bits per heavy atom. The number of rotatable bonds is 2. The van der Waals surface area contributed by atoms with Crippen molar-refractivity contribution < 1.29 is 4.74 Å². The van der Waals surface area contributed by atoms with Crippen LogP contribution in [-0.2, 0) is 12.8 Å². The smallest absolute Gasteiger partial charge is 0.121 e. The molecule has 0 amide bonds. The third-order valence-corrected chi connectivity index (χ3v) is 4.61. The molecule has 0 atom stereocenters. The number of pyridine rings is 1.